The summed E-state index contributed by atoms with van der Waals surface area (Å²) in [5, 5.41) is 14.6. The van der Waals surface area contributed by atoms with Crippen molar-refractivity contribution in [2.24, 2.45) is 11.3 Å². The average Bonchev–Trinajstić information content (AvgIpc) is 2.75. The van der Waals surface area contributed by atoms with Gasteiger partial charge in [0.15, 0.2) is 0 Å². The second-order valence-electron chi connectivity index (χ2n) is 8.82. The summed E-state index contributed by atoms with van der Waals surface area (Å²) in [6.07, 6.45) is 5.16. The van der Waals surface area contributed by atoms with Crippen LogP contribution in [0.15, 0.2) is 5.38 Å². The smallest absolute Gasteiger partial charge is 0.0957 e. The molecule has 1 N–H and O–H groups in total. The molecular weight excluding hydrogens is 278 g/mol. The molecule has 2 unspecified atom stereocenters. The third-order valence-corrected chi connectivity index (χ3v) is 5.67. The van der Waals surface area contributed by atoms with Crippen LogP contribution in [0.1, 0.15) is 77.9 Å². The molecule has 3 heteroatoms. The van der Waals surface area contributed by atoms with Gasteiger partial charge < -0.3 is 5.11 Å². The first-order valence-electron chi connectivity index (χ1n) is 8.20. The minimum Gasteiger partial charge on any atom is -0.389 e. The van der Waals surface area contributed by atoms with Gasteiger partial charge in [-0.05, 0) is 24.2 Å². The van der Waals surface area contributed by atoms with E-state index in [4.69, 9.17) is 4.98 Å². The Morgan fingerprint density at radius 2 is 1.90 bits per heavy atom. The number of hydrogen-bond donors (Lipinski definition) is 1. The van der Waals surface area contributed by atoms with E-state index in [0.29, 0.717) is 5.92 Å². The van der Waals surface area contributed by atoms with Gasteiger partial charge in [-0.1, -0.05) is 54.4 Å². The molecule has 1 saturated carbocycles. The lowest BCUT2D eigenvalue weighted by Crippen LogP contribution is -2.48. The maximum Gasteiger partial charge on any atom is 0.0957 e. The summed E-state index contributed by atoms with van der Waals surface area (Å²) >= 11 is 1.71. The normalized spacial score (nSPS) is 27.9. The number of thiazole rings is 1. The van der Waals surface area contributed by atoms with Gasteiger partial charge >= 0.3 is 0 Å². The Balaban J connectivity index is 2.21. The van der Waals surface area contributed by atoms with Gasteiger partial charge in [0.2, 0.25) is 0 Å². The van der Waals surface area contributed by atoms with Crippen LogP contribution in [0.3, 0.4) is 0 Å². The summed E-state index contributed by atoms with van der Waals surface area (Å²) < 4.78 is 0. The Morgan fingerprint density at radius 3 is 2.43 bits per heavy atom. The van der Waals surface area contributed by atoms with Crippen LogP contribution in [0, 0.1) is 11.3 Å². The lowest BCUT2D eigenvalue weighted by Gasteiger charge is -2.46. The molecule has 0 bridgehead atoms. The standard InChI is InChI=1S/C18H31NOS/c1-16(2,3)13-9-7-8-10-18(13,20)11-15-19-14(12-21-15)17(4,5)6/h12-13,20H,7-11H2,1-6H3. The molecule has 0 spiro atoms. The highest BCUT2D eigenvalue weighted by Gasteiger charge is 2.45. The van der Waals surface area contributed by atoms with Gasteiger partial charge in [-0.3, -0.25) is 0 Å². The van der Waals surface area contributed by atoms with Crippen molar-refractivity contribution in [3.63, 3.8) is 0 Å². The van der Waals surface area contributed by atoms with Crippen LogP contribution in [-0.2, 0) is 11.8 Å². The topological polar surface area (TPSA) is 33.1 Å². The largest absolute Gasteiger partial charge is 0.389 e. The quantitative estimate of drug-likeness (QED) is 0.838. The average molecular weight is 310 g/mol. The van der Waals surface area contributed by atoms with Crippen LogP contribution in [0.2, 0.25) is 0 Å². The fraction of sp³-hybridized carbons (Fsp3) is 0.833. The Morgan fingerprint density at radius 1 is 1.24 bits per heavy atom. The van der Waals surface area contributed by atoms with Crippen molar-refractivity contribution in [1.29, 1.82) is 0 Å². The van der Waals surface area contributed by atoms with Crippen molar-refractivity contribution in [1.82, 2.24) is 4.98 Å². The maximum absolute atomic E-state index is 11.3. The van der Waals surface area contributed by atoms with Crippen molar-refractivity contribution < 1.29 is 5.11 Å². The van der Waals surface area contributed by atoms with E-state index in [1.165, 1.54) is 6.42 Å². The Kier molecular flexibility index (Phi) is 4.57. The molecule has 1 fully saturated rings. The zero-order valence-corrected chi connectivity index (χ0v) is 15.3. The number of aliphatic hydroxyl groups is 1. The second kappa shape index (κ2) is 5.66. The zero-order chi connectivity index (χ0) is 15.9. The third-order valence-electron chi connectivity index (χ3n) is 4.82. The Bertz CT molecular complexity index is 480. The summed E-state index contributed by atoms with van der Waals surface area (Å²) in [5.74, 6) is 0.362. The van der Waals surface area contributed by atoms with E-state index in [0.717, 1.165) is 36.4 Å². The van der Waals surface area contributed by atoms with Crippen LogP contribution in [0.25, 0.3) is 0 Å². The van der Waals surface area contributed by atoms with Crippen LogP contribution in [0.4, 0.5) is 0 Å². The van der Waals surface area contributed by atoms with Crippen molar-refractivity contribution in [2.45, 2.75) is 84.7 Å². The minimum absolute atomic E-state index is 0.0906. The third kappa shape index (κ3) is 3.87. The van der Waals surface area contributed by atoms with Crippen LogP contribution >= 0.6 is 11.3 Å². The first kappa shape index (κ1) is 17.0. The second-order valence-corrected chi connectivity index (χ2v) is 9.76. The molecule has 1 heterocycles. The zero-order valence-electron chi connectivity index (χ0n) is 14.5. The summed E-state index contributed by atoms with van der Waals surface area (Å²) in [4.78, 5) is 4.80. The van der Waals surface area contributed by atoms with Gasteiger partial charge in [-0.2, -0.15) is 0 Å². The molecule has 0 aliphatic heterocycles. The number of hydrogen-bond acceptors (Lipinski definition) is 3. The van der Waals surface area contributed by atoms with E-state index < -0.39 is 5.60 Å². The Labute approximate surface area is 134 Å². The van der Waals surface area contributed by atoms with E-state index in [9.17, 15) is 5.11 Å². The monoisotopic (exact) mass is 309 g/mol. The molecule has 2 atom stereocenters. The highest BCUT2D eigenvalue weighted by molar-refractivity contribution is 7.09. The minimum atomic E-state index is -0.580. The van der Waals surface area contributed by atoms with Crippen LogP contribution < -0.4 is 0 Å². The fourth-order valence-corrected chi connectivity index (χ4v) is 4.81. The SMILES string of the molecule is CC(C)(C)c1csc(CC2(O)CCCCC2C(C)(C)C)n1. The van der Waals surface area contributed by atoms with Crippen molar-refractivity contribution in [2.75, 3.05) is 0 Å². The van der Waals surface area contributed by atoms with E-state index in [1.54, 1.807) is 11.3 Å². The summed E-state index contributed by atoms with van der Waals surface area (Å²) in [6.45, 7) is 13.4. The fourth-order valence-electron chi connectivity index (χ4n) is 3.67. The molecule has 0 aromatic carbocycles. The number of rotatable bonds is 2. The van der Waals surface area contributed by atoms with Gasteiger partial charge in [-0.15, -0.1) is 11.3 Å². The van der Waals surface area contributed by atoms with E-state index in [1.807, 2.05) is 0 Å². The Hall–Kier alpha value is -0.410. The molecule has 2 rings (SSSR count). The lowest BCUT2D eigenvalue weighted by atomic mass is 9.63. The first-order valence-corrected chi connectivity index (χ1v) is 9.08. The van der Waals surface area contributed by atoms with E-state index >= 15 is 0 Å². The van der Waals surface area contributed by atoms with E-state index in [-0.39, 0.29) is 10.8 Å². The highest BCUT2D eigenvalue weighted by Crippen LogP contribution is 2.46. The molecule has 1 aliphatic carbocycles. The summed E-state index contributed by atoms with van der Waals surface area (Å²) in [7, 11) is 0. The maximum atomic E-state index is 11.3. The molecule has 21 heavy (non-hydrogen) atoms. The highest BCUT2D eigenvalue weighted by atomic mass is 32.1. The van der Waals surface area contributed by atoms with Crippen molar-refractivity contribution >= 4 is 11.3 Å². The van der Waals surface area contributed by atoms with Crippen LogP contribution in [-0.4, -0.2) is 15.7 Å². The predicted molar refractivity (Wildman–Crippen MR) is 90.9 cm³/mol. The van der Waals surface area contributed by atoms with Gasteiger partial charge in [0.05, 0.1) is 16.3 Å². The number of aromatic nitrogens is 1. The summed E-state index contributed by atoms with van der Waals surface area (Å²) in [5.41, 5.74) is 0.810. The molecule has 1 aliphatic rings. The molecule has 0 saturated heterocycles. The van der Waals surface area contributed by atoms with Gasteiger partial charge in [-0.25, -0.2) is 4.98 Å². The van der Waals surface area contributed by atoms with Gasteiger partial charge in [0, 0.05) is 17.2 Å². The van der Waals surface area contributed by atoms with Crippen LogP contribution in [0.5, 0.6) is 0 Å². The molecule has 120 valence electrons. The number of nitrogens with zero attached hydrogens (tertiary/aromatic N) is 1. The molecule has 0 amide bonds. The van der Waals surface area contributed by atoms with Crippen molar-refractivity contribution in [3.05, 3.63) is 16.1 Å². The molecule has 1 aromatic rings. The molecule has 1 aromatic heterocycles. The first-order chi connectivity index (χ1) is 9.52. The van der Waals surface area contributed by atoms with E-state index in [2.05, 4.69) is 46.9 Å². The molecular formula is C18H31NOS. The molecule has 0 radical (unpaired) electrons. The predicted octanol–water partition coefficient (Wildman–Crippen LogP) is 4.95. The molecule has 2 nitrogen and oxygen atoms in total. The van der Waals surface area contributed by atoms with Gasteiger partial charge in [0.25, 0.3) is 0 Å². The summed E-state index contributed by atoms with van der Waals surface area (Å²) in [6, 6.07) is 0. The lowest BCUT2D eigenvalue weighted by molar-refractivity contribution is -0.0889. The van der Waals surface area contributed by atoms with Gasteiger partial charge in [0.1, 0.15) is 0 Å². The van der Waals surface area contributed by atoms with Crippen molar-refractivity contribution in [3.8, 4) is 0 Å².